The van der Waals surface area contributed by atoms with Crippen molar-refractivity contribution in [3.05, 3.63) is 15.4 Å². The fourth-order valence-electron chi connectivity index (χ4n) is 2.35. The summed E-state index contributed by atoms with van der Waals surface area (Å²) in [7, 11) is -3.27. The SMILES string of the molecule is CCCC1CCN(S(=O)(=O)c2cc(C)c(Br)s2)C1. The molecule has 1 aliphatic rings. The third-order valence-corrected chi connectivity index (χ3v) is 7.83. The van der Waals surface area contributed by atoms with Crippen molar-refractivity contribution in [1.82, 2.24) is 4.31 Å². The number of sulfonamides is 1. The minimum absolute atomic E-state index is 0.462. The summed E-state index contributed by atoms with van der Waals surface area (Å²) in [4.78, 5) is 0. The van der Waals surface area contributed by atoms with Crippen LogP contribution < -0.4 is 0 Å². The first-order valence-electron chi connectivity index (χ1n) is 6.21. The van der Waals surface area contributed by atoms with Crippen LogP contribution in [0.2, 0.25) is 0 Å². The Morgan fingerprint density at radius 1 is 1.56 bits per heavy atom. The Kier molecular flexibility index (Phi) is 4.52. The highest BCUT2D eigenvalue weighted by Gasteiger charge is 2.33. The number of hydrogen-bond donors (Lipinski definition) is 0. The topological polar surface area (TPSA) is 37.4 Å². The number of halogens is 1. The molecule has 2 rings (SSSR count). The normalized spacial score (nSPS) is 21.6. The van der Waals surface area contributed by atoms with Crippen molar-refractivity contribution >= 4 is 37.3 Å². The van der Waals surface area contributed by atoms with Gasteiger partial charge in [0.1, 0.15) is 4.21 Å². The van der Waals surface area contributed by atoms with Gasteiger partial charge in [-0.25, -0.2) is 8.42 Å². The summed E-state index contributed by atoms with van der Waals surface area (Å²) in [6.45, 7) is 5.42. The van der Waals surface area contributed by atoms with Crippen LogP contribution in [0.5, 0.6) is 0 Å². The third kappa shape index (κ3) is 2.81. The van der Waals surface area contributed by atoms with Crippen LogP contribution in [0.3, 0.4) is 0 Å². The molecule has 102 valence electrons. The lowest BCUT2D eigenvalue weighted by Crippen LogP contribution is -2.28. The first-order chi connectivity index (χ1) is 8.45. The van der Waals surface area contributed by atoms with E-state index in [0.717, 1.165) is 28.6 Å². The molecule has 0 amide bonds. The third-order valence-electron chi connectivity index (χ3n) is 3.37. The van der Waals surface area contributed by atoms with Gasteiger partial charge in [0, 0.05) is 13.1 Å². The van der Waals surface area contributed by atoms with Gasteiger partial charge in [-0.2, -0.15) is 4.31 Å². The lowest BCUT2D eigenvalue weighted by Gasteiger charge is -2.15. The summed E-state index contributed by atoms with van der Waals surface area (Å²) >= 11 is 4.70. The molecule has 0 aromatic carbocycles. The number of thiophene rings is 1. The Hall–Kier alpha value is 0.0900. The van der Waals surface area contributed by atoms with Crippen LogP contribution >= 0.6 is 27.3 Å². The van der Waals surface area contributed by atoms with E-state index in [1.165, 1.54) is 11.3 Å². The van der Waals surface area contributed by atoms with Crippen molar-refractivity contribution in [3.8, 4) is 0 Å². The molecule has 1 unspecified atom stereocenters. The zero-order valence-electron chi connectivity index (χ0n) is 10.6. The fourth-order valence-corrected chi connectivity index (χ4v) is 6.26. The van der Waals surface area contributed by atoms with Gasteiger partial charge >= 0.3 is 0 Å². The Morgan fingerprint density at radius 2 is 2.28 bits per heavy atom. The highest BCUT2D eigenvalue weighted by atomic mass is 79.9. The molecule has 6 heteroatoms. The second-order valence-corrected chi connectivity index (χ2v) is 9.36. The van der Waals surface area contributed by atoms with Crippen LogP contribution in [0.15, 0.2) is 14.1 Å². The summed E-state index contributed by atoms with van der Waals surface area (Å²) in [5, 5.41) is 0. The first kappa shape index (κ1) is 14.5. The van der Waals surface area contributed by atoms with E-state index in [0.29, 0.717) is 23.2 Å². The molecule has 2 heterocycles. The molecule has 1 atom stereocenters. The molecule has 0 saturated carbocycles. The van der Waals surface area contributed by atoms with Gasteiger partial charge in [0.2, 0.25) is 0 Å². The lowest BCUT2D eigenvalue weighted by molar-refractivity contribution is 0.446. The first-order valence-corrected chi connectivity index (χ1v) is 9.26. The van der Waals surface area contributed by atoms with Crippen LogP contribution in [0.4, 0.5) is 0 Å². The van der Waals surface area contributed by atoms with Crippen LogP contribution in [0.1, 0.15) is 31.7 Å². The summed E-state index contributed by atoms with van der Waals surface area (Å²) in [6.07, 6.45) is 3.25. The number of aryl methyl sites for hydroxylation is 1. The molecule has 1 fully saturated rings. The molecule has 1 aliphatic heterocycles. The molecular formula is C12H18BrNO2S2. The molecule has 1 aromatic heterocycles. The predicted octanol–water partition coefficient (Wildman–Crippen LogP) is 3.63. The van der Waals surface area contributed by atoms with Crippen LogP contribution in [0.25, 0.3) is 0 Å². The summed E-state index contributed by atoms with van der Waals surface area (Å²) in [5.41, 5.74) is 0.989. The largest absolute Gasteiger partial charge is 0.252 e. The summed E-state index contributed by atoms with van der Waals surface area (Å²) < 4.78 is 27.9. The van der Waals surface area contributed by atoms with Gasteiger partial charge < -0.3 is 0 Å². The van der Waals surface area contributed by atoms with E-state index in [9.17, 15) is 8.42 Å². The van der Waals surface area contributed by atoms with Gasteiger partial charge in [-0.15, -0.1) is 11.3 Å². The molecule has 1 saturated heterocycles. The van der Waals surface area contributed by atoms with Gasteiger partial charge in [0.25, 0.3) is 10.0 Å². The smallest absolute Gasteiger partial charge is 0.206 e. The van der Waals surface area contributed by atoms with Gasteiger partial charge in [0.15, 0.2) is 0 Å². The maximum absolute atomic E-state index is 12.5. The van der Waals surface area contributed by atoms with E-state index in [-0.39, 0.29) is 0 Å². The van der Waals surface area contributed by atoms with E-state index >= 15 is 0 Å². The summed E-state index contributed by atoms with van der Waals surface area (Å²) in [6, 6.07) is 1.76. The van der Waals surface area contributed by atoms with E-state index in [1.54, 1.807) is 10.4 Å². The number of nitrogens with zero attached hydrogens (tertiary/aromatic N) is 1. The molecule has 0 aliphatic carbocycles. The van der Waals surface area contributed by atoms with E-state index in [1.807, 2.05) is 6.92 Å². The quantitative estimate of drug-likeness (QED) is 0.830. The second kappa shape index (κ2) is 5.61. The minimum Gasteiger partial charge on any atom is -0.206 e. The molecule has 0 spiro atoms. The maximum atomic E-state index is 12.5. The maximum Gasteiger partial charge on any atom is 0.252 e. The van der Waals surface area contributed by atoms with Crippen LogP contribution in [-0.2, 0) is 10.0 Å². The standard InChI is InChI=1S/C12H18BrNO2S2/c1-3-4-10-5-6-14(8-10)18(15,16)11-7-9(2)12(13)17-11/h7,10H,3-6,8H2,1-2H3. The Balaban J connectivity index is 2.17. The van der Waals surface area contributed by atoms with Crippen molar-refractivity contribution in [2.45, 2.75) is 37.3 Å². The molecule has 0 radical (unpaired) electrons. The molecule has 0 N–H and O–H groups in total. The highest BCUT2D eigenvalue weighted by molar-refractivity contribution is 9.11. The van der Waals surface area contributed by atoms with Gasteiger partial charge in [-0.05, 0) is 53.2 Å². The Morgan fingerprint density at radius 3 is 2.83 bits per heavy atom. The Bertz CT molecular complexity index is 505. The average Bonchev–Trinajstić information content (AvgIpc) is 2.88. The van der Waals surface area contributed by atoms with E-state index in [4.69, 9.17) is 0 Å². The molecule has 0 bridgehead atoms. The molecule has 18 heavy (non-hydrogen) atoms. The average molecular weight is 352 g/mol. The number of rotatable bonds is 4. The molecule has 3 nitrogen and oxygen atoms in total. The van der Waals surface area contributed by atoms with Gasteiger partial charge in [0.05, 0.1) is 3.79 Å². The zero-order valence-corrected chi connectivity index (χ0v) is 13.9. The van der Waals surface area contributed by atoms with Crippen molar-refractivity contribution in [3.63, 3.8) is 0 Å². The molecular weight excluding hydrogens is 334 g/mol. The molecule has 1 aromatic rings. The highest BCUT2D eigenvalue weighted by Crippen LogP contribution is 2.34. The van der Waals surface area contributed by atoms with Gasteiger partial charge in [-0.1, -0.05) is 13.3 Å². The summed E-state index contributed by atoms with van der Waals surface area (Å²) in [5.74, 6) is 0.536. The van der Waals surface area contributed by atoms with Crippen molar-refractivity contribution in [2.75, 3.05) is 13.1 Å². The minimum atomic E-state index is -3.27. The lowest BCUT2D eigenvalue weighted by atomic mass is 10.0. The predicted molar refractivity (Wildman–Crippen MR) is 78.5 cm³/mol. The van der Waals surface area contributed by atoms with Crippen LogP contribution in [0, 0.1) is 12.8 Å². The van der Waals surface area contributed by atoms with Crippen LogP contribution in [-0.4, -0.2) is 25.8 Å². The van der Waals surface area contributed by atoms with E-state index < -0.39 is 10.0 Å². The number of hydrogen-bond acceptors (Lipinski definition) is 3. The fraction of sp³-hybridized carbons (Fsp3) is 0.667. The van der Waals surface area contributed by atoms with Crippen molar-refractivity contribution < 1.29 is 8.42 Å². The Labute approximate surface area is 121 Å². The monoisotopic (exact) mass is 351 g/mol. The van der Waals surface area contributed by atoms with E-state index in [2.05, 4.69) is 22.9 Å². The zero-order chi connectivity index (χ0) is 13.3. The van der Waals surface area contributed by atoms with Crippen molar-refractivity contribution in [2.24, 2.45) is 5.92 Å². The van der Waals surface area contributed by atoms with Crippen molar-refractivity contribution in [1.29, 1.82) is 0 Å². The second-order valence-electron chi connectivity index (χ2n) is 4.83. The van der Waals surface area contributed by atoms with Gasteiger partial charge in [-0.3, -0.25) is 0 Å².